The summed E-state index contributed by atoms with van der Waals surface area (Å²) in [6, 6.07) is -0.315. The molecule has 5 aliphatic rings. The number of aromatic nitrogens is 2. The molecule has 1 aromatic rings. The number of rotatable bonds is 5. The first-order valence-electron chi connectivity index (χ1n) is 13.1. The number of hydrogen-bond acceptors (Lipinski definition) is 8. The molecule has 1 fully saturated rings. The van der Waals surface area contributed by atoms with E-state index in [1.165, 1.54) is 31.5 Å². The fourth-order valence-electron chi connectivity index (χ4n) is 5.68. The van der Waals surface area contributed by atoms with E-state index < -0.39 is 0 Å². The van der Waals surface area contributed by atoms with Crippen LogP contribution in [0.15, 0.2) is 59.5 Å². The van der Waals surface area contributed by atoms with E-state index >= 15 is 0 Å². The lowest BCUT2D eigenvalue weighted by atomic mass is 9.89. The Morgan fingerprint density at radius 2 is 2.05 bits per heavy atom. The molecular formula is C28H34N6O3. The van der Waals surface area contributed by atoms with Gasteiger partial charge in [-0.05, 0) is 71.3 Å². The molecule has 0 unspecified atom stereocenters. The molecule has 2 bridgehead atoms. The fraction of sp³-hybridized carbons (Fsp3) is 0.464. The second-order valence-corrected chi connectivity index (χ2v) is 10.6. The molecule has 1 aromatic heterocycles. The van der Waals surface area contributed by atoms with Crippen LogP contribution in [0.5, 0.6) is 0 Å². The summed E-state index contributed by atoms with van der Waals surface area (Å²) < 4.78 is 11.5. The maximum atomic E-state index is 13.5. The fourth-order valence-corrected chi connectivity index (χ4v) is 5.68. The van der Waals surface area contributed by atoms with Gasteiger partial charge < -0.3 is 29.9 Å². The van der Waals surface area contributed by atoms with Gasteiger partial charge in [0.2, 0.25) is 12.7 Å². The maximum Gasteiger partial charge on any atom is 0.258 e. The molecule has 0 saturated carbocycles. The van der Waals surface area contributed by atoms with Crippen LogP contribution in [-0.2, 0) is 9.47 Å². The number of hydrogen-bond donors (Lipinski definition) is 2. The number of dihydropyridines is 1. The van der Waals surface area contributed by atoms with Gasteiger partial charge in [-0.1, -0.05) is 17.7 Å². The van der Waals surface area contributed by atoms with Gasteiger partial charge in [-0.2, -0.15) is 0 Å². The highest BCUT2D eigenvalue weighted by Gasteiger charge is 2.41. The first-order chi connectivity index (χ1) is 18.0. The van der Waals surface area contributed by atoms with Crippen LogP contribution in [0.25, 0.3) is 5.57 Å². The highest BCUT2D eigenvalue weighted by Crippen LogP contribution is 2.39. The van der Waals surface area contributed by atoms with Crippen LogP contribution >= 0.6 is 0 Å². The Labute approximate surface area is 217 Å². The highest BCUT2D eigenvalue weighted by molar-refractivity contribution is 6.04. The second-order valence-electron chi connectivity index (χ2n) is 10.6. The summed E-state index contributed by atoms with van der Waals surface area (Å²) in [5.74, 6) is 3.35. The summed E-state index contributed by atoms with van der Waals surface area (Å²) in [6.07, 6.45) is 15.3. The SMILES string of the molecule is CC(C)N1C(=O)c2cnc(NC3=CC=C(CC4CCN(C)CC4)CN3)nc2C2=C3C=C(C=C[C@@H]21)OCO3. The number of nitrogens with one attached hydrogen (secondary N) is 2. The third-order valence-corrected chi connectivity index (χ3v) is 7.71. The van der Waals surface area contributed by atoms with Gasteiger partial charge in [0, 0.05) is 30.4 Å². The molecule has 4 aliphatic heterocycles. The first kappa shape index (κ1) is 23.8. The van der Waals surface area contributed by atoms with Gasteiger partial charge in [0.1, 0.15) is 17.3 Å². The summed E-state index contributed by atoms with van der Waals surface area (Å²) in [5, 5.41) is 6.78. The number of allylic oxidation sites excluding steroid dienone is 4. The van der Waals surface area contributed by atoms with Crippen LogP contribution in [0, 0.1) is 5.92 Å². The topological polar surface area (TPSA) is 91.9 Å². The van der Waals surface area contributed by atoms with Crippen LogP contribution in [0.4, 0.5) is 5.95 Å². The Morgan fingerprint density at radius 3 is 2.81 bits per heavy atom. The van der Waals surface area contributed by atoms with Crippen molar-refractivity contribution in [1.29, 1.82) is 0 Å². The lowest BCUT2D eigenvalue weighted by Crippen LogP contribution is -2.48. The van der Waals surface area contributed by atoms with Gasteiger partial charge in [-0.15, -0.1) is 0 Å². The van der Waals surface area contributed by atoms with Crippen molar-refractivity contribution in [3.8, 4) is 0 Å². The summed E-state index contributed by atoms with van der Waals surface area (Å²) in [4.78, 5) is 27.1. The lowest BCUT2D eigenvalue weighted by Gasteiger charge is -2.39. The van der Waals surface area contributed by atoms with Crippen molar-refractivity contribution in [3.05, 3.63) is 70.7 Å². The van der Waals surface area contributed by atoms with Crippen LogP contribution in [0.3, 0.4) is 0 Å². The molecular weight excluding hydrogens is 468 g/mol. The Bertz CT molecular complexity index is 1250. The molecule has 1 amide bonds. The Hall–Kier alpha value is -3.59. The van der Waals surface area contributed by atoms with Crippen molar-refractivity contribution >= 4 is 17.4 Å². The van der Waals surface area contributed by atoms with Crippen molar-refractivity contribution in [2.24, 2.45) is 5.92 Å². The predicted molar refractivity (Wildman–Crippen MR) is 141 cm³/mol. The van der Waals surface area contributed by atoms with Crippen LogP contribution in [-0.4, -0.2) is 71.2 Å². The van der Waals surface area contributed by atoms with Gasteiger partial charge in [-0.3, -0.25) is 4.79 Å². The average Bonchev–Trinajstić information content (AvgIpc) is 3.01. The smallest absolute Gasteiger partial charge is 0.258 e. The number of carbonyl (C=O) groups excluding carboxylic acids is 1. The summed E-state index contributed by atoms with van der Waals surface area (Å²) >= 11 is 0. The molecule has 2 N–H and O–H groups in total. The van der Waals surface area contributed by atoms with Crippen molar-refractivity contribution in [3.63, 3.8) is 0 Å². The number of ether oxygens (including phenoxy) is 2. The Balaban J connectivity index is 1.26. The van der Waals surface area contributed by atoms with Crippen molar-refractivity contribution in [2.45, 2.75) is 45.2 Å². The van der Waals surface area contributed by atoms with Gasteiger partial charge >= 0.3 is 0 Å². The molecule has 6 rings (SSSR count). The monoisotopic (exact) mass is 502 g/mol. The van der Waals surface area contributed by atoms with E-state index in [-0.39, 0.29) is 24.8 Å². The minimum Gasteiger partial charge on any atom is -0.457 e. The number of carbonyl (C=O) groups is 1. The van der Waals surface area contributed by atoms with Crippen LogP contribution in [0.1, 0.15) is 49.2 Å². The molecule has 5 heterocycles. The maximum absolute atomic E-state index is 13.5. The van der Waals surface area contributed by atoms with E-state index in [0.717, 1.165) is 30.3 Å². The predicted octanol–water partition coefficient (Wildman–Crippen LogP) is 3.39. The number of piperidine rings is 1. The molecule has 194 valence electrons. The Morgan fingerprint density at radius 1 is 1.22 bits per heavy atom. The minimum absolute atomic E-state index is 0.0142. The van der Waals surface area contributed by atoms with E-state index in [1.54, 1.807) is 6.20 Å². The lowest BCUT2D eigenvalue weighted by molar-refractivity contribution is 0.00892. The standard InChI is InChI=1S/C28H34N6O3/c1-17(2)34-22-6-5-20-13-23(37-16-36-20)25(22)26-21(27(34)35)15-30-28(32-26)31-24-7-4-19(14-29-24)12-18-8-10-33(3)11-9-18/h4-7,13,15,17-18,22,29H,8-12,14,16H2,1-3H3,(H,30,31,32)/t22-/m0/s1. The van der Waals surface area contributed by atoms with Crippen molar-refractivity contribution in [2.75, 3.05) is 38.8 Å². The largest absolute Gasteiger partial charge is 0.457 e. The number of anilines is 1. The normalized spacial score (nSPS) is 23.7. The summed E-state index contributed by atoms with van der Waals surface area (Å²) in [5.41, 5.74) is 3.35. The van der Waals surface area contributed by atoms with E-state index in [0.29, 0.717) is 28.7 Å². The molecule has 1 aliphatic carbocycles. The highest BCUT2D eigenvalue weighted by atomic mass is 16.7. The van der Waals surface area contributed by atoms with Crippen molar-refractivity contribution in [1.82, 2.24) is 25.1 Å². The average molecular weight is 503 g/mol. The molecule has 9 heteroatoms. The van der Waals surface area contributed by atoms with Gasteiger partial charge in [0.05, 0.1) is 17.3 Å². The number of nitrogens with zero attached hydrogens (tertiary/aromatic N) is 4. The molecule has 1 saturated heterocycles. The molecule has 9 nitrogen and oxygen atoms in total. The molecule has 0 radical (unpaired) electrons. The van der Waals surface area contributed by atoms with Gasteiger partial charge in [-0.25, -0.2) is 9.97 Å². The Kier molecular flexibility index (Phi) is 6.24. The van der Waals surface area contributed by atoms with Crippen LogP contribution < -0.4 is 10.6 Å². The minimum atomic E-state index is -0.301. The van der Waals surface area contributed by atoms with Crippen LogP contribution in [0.2, 0.25) is 0 Å². The third-order valence-electron chi connectivity index (χ3n) is 7.71. The number of likely N-dealkylation sites (tertiary alicyclic amines) is 1. The zero-order valence-electron chi connectivity index (χ0n) is 21.7. The number of fused-ring (bicyclic) bond motifs is 4. The number of amides is 1. The van der Waals surface area contributed by atoms with E-state index in [9.17, 15) is 4.79 Å². The zero-order valence-corrected chi connectivity index (χ0v) is 21.7. The van der Waals surface area contributed by atoms with E-state index in [1.807, 2.05) is 37.0 Å². The van der Waals surface area contributed by atoms with Gasteiger partial charge in [0.25, 0.3) is 5.91 Å². The molecule has 0 spiro atoms. The van der Waals surface area contributed by atoms with Gasteiger partial charge in [0.15, 0.2) is 0 Å². The first-order valence-corrected chi connectivity index (χ1v) is 13.1. The zero-order chi connectivity index (χ0) is 25.5. The van der Waals surface area contributed by atoms with Crippen molar-refractivity contribution < 1.29 is 14.3 Å². The molecule has 0 aromatic carbocycles. The summed E-state index contributed by atoms with van der Waals surface area (Å²) in [7, 11) is 2.20. The second kappa shape index (κ2) is 9.70. The molecule has 37 heavy (non-hydrogen) atoms. The quantitative estimate of drug-likeness (QED) is 0.633. The summed E-state index contributed by atoms with van der Waals surface area (Å²) in [6.45, 7) is 7.33. The van der Waals surface area contributed by atoms with E-state index in [4.69, 9.17) is 14.5 Å². The van der Waals surface area contributed by atoms with E-state index in [2.05, 4.69) is 39.7 Å². The molecule has 1 atom stereocenters. The third kappa shape index (κ3) is 4.64.